The van der Waals surface area contributed by atoms with Crippen LogP contribution in [0, 0.1) is 0 Å². The lowest BCUT2D eigenvalue weighted by Gasteiger charge is -2.21. The monoisotopic (exact) mass is 482 g/mol. The lowest BCUT2D eigenvalue weighted by molar-refractivity contribution is 0.0310. The van der Waals surface area contributed by atoms with E-state index in [1.807, 2.05) is 20.8 Å². The van der Waals surface area contributed by atoms with Crippen LogP contribution in [-0.4, -0.2) is 50.8 Å². The second kappa shape index (κ2) is 12.3. The van der Waals surface area contributed by atoms with Gasteiger partial charge in [-0.3, -0.25) is 9.79 Å². The van der Waals surface area contributed by atoms with Gasteiger partial charge in [-0.2, -0.15) is 0 Å². The van der Waals surface area contributed by atoms with Gasteiger partial charge in [-0.05, 0) is 32.9 Å². The number of guanidine groups is 1. The molecule has 0 aliphatic carbocycles. The smallest absolute Gasteiger partial charge is 0.252 e. The van der Waals surface area contributed by atoms with Crippen LogP contribution >= 0.6 is 35.6 Å². The van der Waals surface area contributed by atoms with E-state index in [1.54, 1.807) is 31.4 Å². The summed E-state index contributed by atoms with van der Waals surface area (Å²) in [6, 6.07) is 6.97. The normalized spacial score (nSPS) is 11.5. The summed E-state index contributed by atoms with van der Waals surface area (Å²) in [5.41, 5.74) is 0.155. The summed E-state index contributed by atoms with van der Waals surface area (Å²) >= 11 is 6.00. The molecule has 0 spiro atoms. The Labute approximate surface area is 172 Å². The number of rotatable bonds is 8. The van der Waals surface area contributed by atoms with Crippen LogP contribution < -0.4 is 16.0 Å². The van der Waals surface area contributed by atoms with E-state index in [2.05, 4.69) is 20.9 Å². The van der Waals surface area contributed by atoms with Crippen molar-refractivity contribution in [2.24, 2.45) is 4.99 Å². The summed E-state index contributed by atoms with van der Waals surface area (Å²) in [6.07, 6.45) is 0. The first kappa shape index (κ1) is 23.9. The predicted octanol–water partition coefficient (Wildman–Crippen LogP) is 2.67. The summed E-state index contributed by atoms with van der Waals surface area (Å²) in [6.45, 7) is 8.25. The van der Waals surface area contributed by atoms with Crippen LogP contribution in [0.3, 0.4) is 0 Å². The van der Waals surface area contributed by atoms with Crippen LogP contribution in [0.1, 0.15) is 31.1 Å². The molecule has 0 saturated heterocycles. The van der Waals surface area contributed by atoms with Crippen molar-refractivity contribution in [3.63, 3.8) is 0 Å². The minimum Gasteiger partial charge on any atom is -0.377 e. The Bertz CT molecular complexity index is 567. The van der Waals surface area contributed by atoms with Crippen LogP contribution in [-0.2, 0) is 4.74 Å². The highest BCUT2D eigenvalue weighted by Gasteiger charge is 2.15. The van der Waals surface area contributed by atoms with Gasteiger partial charge >= 0.3 is 0 Å². The van der Waals surface area contributed by atoms with Gasteiger partial charge in [-0.1, -0.05) is 23.7 Å². The summed E-state index contributed by atoms with van der Waals surface area (Å²) in [7, 11) is 1.67. The molecule has 1 amide bonds. The first-order chi connectivity index (χ1) is 11.4. The van der Waals surface area contributed by atoms with Crippen molar-refractivity contribution in [2.75, 3.05) is 33.3 Å². The number of carbonyl (C=O) groups excluding carboxylic acids is 1. The molecule has 0 radical (unpaired) electrons. The lowest BCUT2D eigenvalue weighted by Crippen LogP contribution is -2.42. The van der Waals surface area contributed by atoms with Gasteiger partial charge < -0.3 is 20.7 Å². The number of hydrogen-bond acceptors (Lipinski definition) is 3. The van der Waals surface area contributed by atoms with Crippen molar-refractivity contribution in [3.8, 4) is 0 Å². The van der Waals surface area contributed by atoms with Crippen molar-refractivity contribution in [1.82, 2.24) is 16.0 Å². The Morgan fingerprint density at radius 2 is 1.84 bits per heavy atom. The van der Waals surface area contributed by atoms with Crippen molar-refractivity contribution in [2.45, 2.75) is 26.4 Å². The number of methoxy groups -OCH3 is 1. The molecule has 3 N–H and O–H groups in total. The summed E-state index contributed by atoms with van der Waals surface area (Å²) < 4.78 is 5.35. The van der Waals surface area contributed by atoms with E-state index >= 15 is 0 Å². The number of hydrogen-bond donors (Lipinski definition) is 3. The van der Waals surface area contributed by atoms with Crippen molar-refractivity contribution in [3.05, 3.63) is 34.9 Å². The molecule has 0 heterocycles. The largest absolute Gasteiger partial charge is 0.377 e. The van der Waals surface area contributed by atoms with Gasteiger partial charge in [-0.15, -0.1) is 24.0 Å². The number of benzene rings is 1. The fraction of sp³-hybridized carbons (Fsp3) is 0.529. The van der Waals surface area contributed by atoms with Gasteiger partial charge in [-0.25, -0.2) is 0 Å². The Hall–Kier alpha value is -1.06. The second-order valence-electron chi connectivity index (χ2n) is 5.82. The topological polar surface area (TPSA) is 74.8 Å². The lowest BCUT2D eigenvalue weighted by atomic mass is 10.1. The van der Waals surface area contributed by atoms with E-state index in [4.69, 9.17) is 16.3 Å². The molecule has 8 heteroatoms. The van der Waals surface area contributed by atoms with Gasteiger partial charge in [0.25, 0.3) is 5.91 Å². The molecule has 0 fully saturated rings. The number of halogens is 2. The van der Waals surface area contributed by atoms with Gasteiger partial charge in [0, 0.05) is 26.7 Å². The first-order valence-corrected chi connectivity index (χ1v) is 8.37. The molecular formula is C17H28ClIN4O2. The highest BCUT2D eigenvalue weighted by Crippen LogP contribution is 2.14. The highest BCUT2D eigenvalue weighted by molar-refractivity contribution is 14.0. The van der Waals surface area contributed by atoms with Gasteiger partial charge in [0.2, 0.25) is 0 Å². The SMILES string of the molecule is CCNC(=NCC(C)(C)OC)NCCNC(=O)c1ccccc1Cl.I. The van der Waals surface area contributed by atoms with E-state index in [-0.39, 0.29) is 35.5 Å². The maximum Gasteiger partial charge on any atom is 0.252 e. The van der Waals surface area contributed by atoms with Gasteiger partial charge in [0.05, 0.1) is 22.7 Å². The van der Waals surface area contributed by atoms with Crippen LogP contribution in [0.5, 0.6) is 0 Å². The van der Waals surface area contributed by atoms with E-state index in [0.29, 0.717) is 36.2 Å². The van der Waals surface area contributed by atoms with Crippen LogP contribution in [0.4, 0.5) is 0 Å². The van der Waals surface area contributed by atoms with Crippen molar-refractivity contribution < 1.29 is 9.53 Å². The minimum absolute atomic E-state index is 0. The standard InChI is InChI=1S/C17H27ClN4O2.HI/c1-5-19-16(22-12-17(2,3)24-4)21-11-10-20-15(23)13-8-6-7-9-14(13)18;/h6-9H,5,10-12H2,1-4H3,(H,20,23)(H2,19,21,22);1H. The fourth-order valence-corrected chi connectivity index (χ4v) is 1.99. The molecule has 0 bridgehead atoms. The predicted molar refractivity (Wildman–Crippen MR) is 114 cm³/mol. The molecule has 0 aliphatic rings. The molecule has 0 aromatic heterocycles. The average molecular weight is 483 g/mol. The molecule has 1 aromatic rings. The summed E-state index contributed by atoms with van der Waals surface area (Å²) in [5.74, 6) is 0.500. The van der Waals surface area contributed by atoms with Crippen molar-refractivity contribution in [1.29, 1.82) is 0 Å². The summed E-state index contributed by atoms with van der Waals surface area (Å²) in [5, 5.41) is 9.60. The van der Waals surface area contributed by atoms with Crippen LogP contribution in [0.15, 0.2) is 29.3 Å². The fourth-order valence-electron chi connectivity index (χ4n) is 1.77. The minimum atomic E-state index is -0.319. The van der Waals surface area contributed by atoms with Crippen molar-refractivity contribution >= 4 is 47.4 Å². The Morgan fingerprint density at radius 1 is 1.20 bits per heavy atom. The molecule has 0 unspecified atom stereocenters. The molecule has 6 nitrogen and oxygen atoms in total. The van der Waals surface area contributed by atoms with Gasteiger partial charge in [0.1, 0.15) is 0 Å². The molecule has 142 valence electrons. The molecule has 1 aromatic carbocycles. The number of nitrogens with zero attached hydrogens (tertiary/aromatic N) is 1. The first-order valence-electron chi connectivity index (χ1n) is 7.99. The Morgan fingerprint density at radius 3 is 2.44 bits per heavy atom. The number of aliphatic imine (C=N–C) groups is 1. The molecule has 0 atom stereocenters. The third-order valence-corrected chi connectivity index (χ3v) is 3.67. The number of carbonyl (C=O) groups is 1. The summed E-state index contributed by atoms with van der Waals surface area (Å²) in [4.78, 5) is 16.5. The third kappa shape index (κ3) is 9.27. The number of nitrogens with one attached hydrogen (secondary N) is 3. The molecule has 25 heavy (non-hydrogen) atoms. The van der Waals surface area contributed by atoms with E-state index < -0.39 is 0 Å². The quantitative estimate of drug-likeness (QED) is 0.230. The Kier molecular flexibility index (Phi) is 11.8. The maximum absolute atomic E-state index is 12.0. The zero-order valence-corrected chi connectivity index (χ0v) is 18.3. The average Bonchev–Trinajstić information content (AvgIpc) is 2.56. The number of ether oxygens (including phenoxy) is 1. The zero-order valence-electron chi connectivity index (χ0n) is 15.2. The zero-order chi connectivity index (χ0) is 18.0. The molecular weight excluding hydrogens is 455 g/mol. The highest BCUT2D eigenvalue weighted by atomic mass is 127. The Balaban J connectivity index is 0.00000576. The van der Waals surface area contributed by atoms with E-state index in [0.717, 1.165) is 6.54 Å². The molecule has 0 aliphatic heterocycles. The van der Waals surface area contributed by atoms with E-state index in [9.17, 15) is 4.79 Å². The maximum atomic E-state index is 12.0. The molecule has 0 saturated carbocycles. The van der Waals surface area contributed by atoms with Gasteiger partial charge in [0.15, 0.2) is 5.96 Å². The number of amides is 1. The second-order valence-corrected chi connectivity index (χ2v) is 6.23. The van der Waals surface area contributed by atoms with Crippen LogP contribution in [0.25, 0.3) is 0 Å². The third-order valence-electron chi connectivity index (χ3n) is 3.34. The van der Waals surface area contributed by atoms with Crippen LogP contribution in [0.2, 0.25) is 5.02 Å². The molecule has 1 rings (SSSR count). The van der Waals surface area contributed by atoms with E-state index in [1.165, 1.54) is 0 Å².